The standard InChI is InChI=1S/C14H16N6O3/c1-9-6-11(20(22)23)3-4-12(9)18-14(21)17-10-2-5-13-15-8-16-19(13)7-10/h3-4,6,8,10H,2,5,7H2,1H3,(H2,17,18,21)/t10-/m0/s1. The van der Waals surface area contributed by atoms with E-state index in [1.54, 1.807) is 11.6 Å². The second-order valence-electron chi connectivity index (χ2n) is 5.45. The van der Waals surface area contributed by atoms with E-state index in [9.17, 15) is 14.9 Å². The molecule has 2 N–H and O–H groups in total. The lowest BCUT2D eigenvalue weighted by Gasteiger charge is -2.23. The van der Waals surface area contributed by atoms with Gasteiger partial charge in [0.15, 0.2) is 0 Å². The van der Waals surface area contributed by atoms with Crippen molar-refractivity contribution in [3.63, 3.8) is 0 Å². The molecule has 0 unspecified atom stereocenters. The number of aromatic nitrogens is 3. The van der Waals surface area contributed by atoms with Crippen molar-refractivity contribution in [3.05, 3.63) is 46.0 Å². The molecule has 0 aliphatic carbocycles. The highest BCUT2D eigenvalue weighted by Gasteiger charge is 2.21. The highest BCUT2D eigenvalue weighted by Crippen LogP contribution is 2.21. The van der Waals surface area contributed by atoms with Crippen LogP contribution in [0.4, 0.5) is 16.2 Å². The third-order valence-electron chi connectivity index (χ3n) is 3.81. The van der Waals surface area contributed by atoms with Crippen molar-refractivity contribution in [2.75, 3.05) is 5.32 Å². The van der Waals surface area contributed by atoms with Crippen molar-refractivity contribution in [1.82, 2.24) is 20.1 Å². The van der Waals surface area contributed by atoms with Crippen LogP contribution in [-0.2, 0) is 13.0 Å². The lowest BCUT2D eigenvalue weighted by molar-refractivity contribution is -0.384. The van der Waals surface area contributed by atoms with Gasteiger partial charge >= 0.3 is 6.03 Å². The molecule has 120 valence electrons. The number of nitro benzene ring substituents is 1. The van der Waals surface area contributed by atoms with Crippen molar-refractivity contribution < 1.29 is 9.72 Å². The summed E-state index contributed by atoms with van der Waals surface area (Å²) in [4.78, 5) is 26.5. The summed E-state index contributed by atoms with van der Waals surface area (Å²) in [6, 6.07) is 3.96. The summed E-state index contributed by atoms with van der Waals surface area (Å²) in [6.45, 7) is 2.30. The first-order valence-electron chi connectivity index (χ1n) is 7.22. The number of anilines is 1. The zero-order chi connectivity index (χ0) is 16.4. The molecule has 0 radical (unpaired) electrons. The first-order valence-corrected chi connectivity index (χ1v) is 7.22. The van der Waals surface area contributed by atoms with Gasteiger partial charge in [0.2, 0.25) is 0 Å². The minimum absolute atomic E-state index is 0.000509. The molecule has 2 heterocycles. The van der Waals surface area contributed by atoms with Crippen LogP contribution in [-0.4, -0.2) is 31.8 Å². The van der Waals surface area contributed by atoms with Gasteiger partial charge in [0.1, 0.15) is 12.2 Å². The second-order valence-corrected chi connectivity index (χ2v) is 5.45. The minimum Gasteiger partial charge on any atom is -0.333 e. The van der Waals surface area contributed by atoms with Crippen molar-refractivity contribution in [3.8, 4) is 0 Å². The summed E-state index contributed by atoms with van der Waals surface area (Å²) >= 11 is 0. The molecule has 3 rings (SSSR count). The average Bonchev–Trinajstić information content (AvgIpc) is 2.96. The van der Waals surface area contributed by atoms with E-state index in [4.69, 9.17) is 0 Å². The van der Waals surface area contributed by atoms with Gasteiger partial charge in [0.05, 0.1) is 17.5 Å². The molecule has 0 fully saturated rings. The number of carbonyl (C=O) groups excluding carboxylic acids is 1. The van der Waals surface area contributed by atoms with Crippen LogP contribution >= 0.6 is 0 Å². The maximum atomic E-state index is 12.1. The van der Waals surface area contributed by atoms with E-state index in [1.165, 1.54) is 24.5 Å². The number of carbonyl (C=O) groups is 1. The molecule has 0 spiro atoms. The fourth-order valence-electron chi connectivity index (χ4n) is 2.60. The topological polar surface area (TPSA) is 115 Å². The number of nitrogens with one attached hydrogen (secondary N) is 2. The van der Waals surface area contributed by atoms with Crippen LogP contribution in [0, 0.1) is 17.0 Å². The molecule has 0 saturated carbocycles. The maximum absolute atomic E-state index is 12.1. The van der Waals surface area contributed by atoms with Crippen molar-refractivity contribution >= 4 is 17.4 Å². The molecule has 1 aliphatic rings. The van der Waals surface area contributed by atoms with Gasteiger partial charge in [-0.3, -0.25) is 10.1 Å². The quantitative estimate of drug-likeness (QED) is 0.659. The summed E-state index contributed by atoms with van der Waals surface area (Å²) in [6.07, 6.45) is 3.07. The van der Waals surface area contributed by atoms with Crippen LogP contribution in [0.1, 0.15) is 17.8 Å². The van der Waals surface area contributed by atoms with E-state index in [0.717, 1.165) is 18.7 Å². The molecule has 1 aliphatic heterocycles. The fourth-order valence-corrected chi connectivity index (χ4v) is 2.60. The van der Waals surface area contributed by atoms with Crippen LogP contribution in [0.2, 0.25) is 0 Å². The molecule has 9 heteroatoms. The molecule has 0 bridgehead atoms. The van der Waals surface area contributed by atoms with Crippen LogP contribution < -0.4 is 10.6 Å². The summed E-state index contributed by atoms with van der Waals surface area (Å²) in [5.74, 6) is 0.926. The zero-order valence-corrected chi connectivity index (χ0v) is 12.5. The third-order valence-corrected chi connectivity index (χ3v) is 3.81. The smallest absolute Gasteiger partial charge is 0.319 e. The van der Waals surface area contributed by atoms with Crippen molar-refractivity contribution in [2.45, 2.75) is 32.4 Å². The number of urea groups is 1. The first-order chi connectivity index (χ1) is 11.0. The van der Waals surface area contributed by atoms with Gasteiger partial charge in [-0.05, 0) is 25.0 Å². The lowest BCUT2D eigenvalue weighted by atomic mass is 10.1. The number of amides is 2. The average molecular weight is 316 g/mol. The number of aryl methyl sites for hydroxylation is 2. The van der Waals surface area contributed by atoms with Gasteiger partial charge in [-0.2, -0.15) is 5.10 Å². The van der Waals surface area contributed by atoms with Gasteiger partial charge in [0, 0.05) is 24.2 Å². The van der Waals surface area contributed by atoms with E-state index in [0.29, 0.717) is 17.8 Å². The summed E-state index contributed by atoms with van der Waals surface area (Å²) in [5, 5.41) is 20.4. The van der Waals surface area contributed by atoms with E-state index < -0.39 is 4.92 Å². The Labute approximate surface area is 131 Å². The Kier molecular flexibility index (Phi) is 3.92. The SMILES string of the molecule is Cc1cc([N+](=O)[O-])ccc1NC(=O)N[C@H]1CCc2ncnn2C1. The maximum Gasteiger partial charge on any atom is 0.319 e. The van der Waals surface area contributed by atoms with Gasteiger partial charge < -0.3 is 10.6 Å². The normalized spacial score (nSPS) is 16.5. The third kappa shape index (κ3) is 3.28. The Morgan fingerprint density at radius 1 is 1.48 bits per heavy atom. The van der Waals surface area contributed by atoms with Crippen molar-refractivity contribution in [1.29, 1.82) is 0 Å². The Morgan fingerprint density at radius 3 is 3.04 bits per heavy atom. The van der Waals surface area contributed by atoms with E-state index in [2.05, 4.69) is 20.7 Å². The Morgan fingerprint density at radius 2 is 2.30 bits per heavy atom. The minimum atomic E-state index is -0.464. The number of nitro groups is 1. The summed E-state index contributed by atoms with van der Waals surface area (Å²) in [7, 11) is 0. The van der Waals surface area contributed by atoms with E-state index in [1.807, 2.05) is 0 Å². The molecule has 1 aromatic heterocycles. The second kappa shape index (κ2) is 6.03. The Bertz CT molecular complexity index is 757. The number of hydrogen-bond donors (Lipinski definition) is 2. The largest absolute Gasteiger partial charge is 0.333 e. The van der Waals surface area contributed by atoms with Crippen molar-refractivity contribution in [2.24, 2.45) is 0 Å². The summed E-state index contributed by atoms with van der Waals surface area (Å²) < 4.78 is 1.78. The van der Waals surface area contributed by atoms with Crippen LogP contribution in [0.5, 0.6) is 0 Å². The molecular weight excluding hydrogens is 300 g/mol. The lowest BCUT2D eigenvalue weighted by Crippen LogP contribution is -2.43. The van der Waals surface area contributed by atoms with Crippen LogP contribution in [0.15, 0.2) is 24.5 Å². The van der Waals surface area contributed by atoms with Gasteiger partial charge in [-0.25, -0.2) is 14.5 Å². The number of fused-ring (bicyclic) bond motifs is 1. The highest BCUT2D eigenvalue weighted by atomic mass is 16.6. The predicted molar refractivity (Wildman–Crippen MR) is 82.1 cm³/mol. The monoisotopic (exact) mass is 316 g/mol. The molecule has 1 aromatic carbocycles. The molecule has 1 atom stereocenters. The zero-order valence-electron chi connectivity index (χ0n) is 12.5. The Hall–Kier alpha value is -2.97. The number of nitrogens with zero attached hydrogens (tertiary/aromatic N) is 4. The van der Waals surface area contributed by atoms with Gasteiger partial charge in [-0.1, -0.05) is 0 Å². The highest BCUT2D eigenvalue weighted by molar-refractivity contribution is 5.90. The van der Waals surface area contributed by atoms with E-state index >= 15 is 0 Å². The molecule has 2 amide bonds. The molecule has 0 saturated heterocycles. The number of rotatable bonds is 3. The Balaban J connectivity index is 1.61. The molecule has 2 aromatic rings. The van der Waals surface area contributed by atoms with E-state index in [-0.39, 0.29) is 17.8 Å². The predicted octanol–water partition coefficient (Wildman–Crippen LogP) is 1.63. The van der Waals surface area contributed by atoms with Crippen LogP contribution in [0.25, 0.3) is 0 Å². The summed E-state index contributed by atoms with van der Waals surface area (Å²) in [5.41, 5.74) is 1.18. The fraction of sp³-hybridized carbons (Fsp3) is 0.357. The first kappa shape index (κ1) is 14.9. The molecule has 9 nitrogen and oxygen atoms in total. The van der Waals surface area contributed by atoms with Gasteiger partial charge in [0.25, 0.3) is 5.69 Å². The number of benzene rings is 1. The number of hydrogen-bond acceptors (Lipinski definition) is 5. The van der Waals surface area contributed by atoms with Crippen LogP contribution in [0.3, 0.4) is 0 Å². The molecule has 23 heavy (non-hydrogen) atoms. The number of non-ortho nitro benzene ring substituents is 1. The van der Waals surface area contributed by atoms with Gasteiger partial charge in [-0.15, -0.1) is 0 Å². The molecular formula is C14H16N6O3.